The molecule has 2 aromatic carbocycles. The van der Waals surface area contributed by atoms with Crippen LogP contribution >= 0.6 is 15.9 Å². The maximum atomic E-state index is 12.2. The minimum atomic E-state index is 0.0751. The average Bonchev–Trinajstić information content (AvgIpc) is 3.10. The van der Waals surface area contributed by atoms with Gasteiger partial charge in [0.15, 0.2) is 0 Å². The lowest BCUT2D eigenvalue weighted by atomic mass is 10.1. The SMILES string of the molecule is COc1ccc(CC(=O)NCC2CCN(c3cccc(Br)c3)C2)cc1. The highest BCUT2D eigenvalue weighted by molar-refractivity contribution is 9.10. The third-order valence-corrected chi connectivity index (χ3v) is 5.06. The van der Waals surface area contributed by atoms with Gasteiger partial charge >= 0.3 is 0 Å². The number of nitrogens with one attached hydrogen (secondary N) is 1. The minimum absolute atomic E-state index is 0.0751. The zero-order valence-corrected chi connectivity index (χ0v) is 16.0. The number of ether oxygens (including phenoxy) is 1. The molecular weight excluding hydrogens is 380 g/mol. The summed E-state index contributed by atoms with van der Waals surface area (Å²) in [5.74, 6) is 1.38. The van der Waals surface area contributed by atoms with Crippen molar-refractivity contribution in [3.63, 3.8) is 0 Å². The molecule has 0 aliphatic carbocycles. The van der Waals surface area contributed by atoms with Gasteiger partial charge in [0.2, 0.25) is 5.91 Å². The predicted octanol–water partition coefficient (Wildman–Crippen LogP) is 3.64. The van der Waals surface area contributed by atoms with Crippen LogP contribution in [-0.2, 0) is 11.2 Å². The van der Waals surface area contributed by atoms with E-state index in [4.69, 9.17) is 4.74 Å². The molecule has 5 heteroatoms. The van der Waals surface area contributed by atoms with Crippen molar-refractivity contribution in [1.82, 2.24) is 5.32 Å². The Morgan fingerprint density at radius 2 is 2.08 bits per heavy atom. The first kappa shape index (κ1) is 17.8. The molecule has 0 spiro atoms. The zero-order chi connectivity index (χ0) is 17.6. The molecule has 1 aliphatic heterocycles. The Morgan fingerprint density at radius 3 is 2.80 bits per heavy atom. The van der Waals surface area contributed by atoms with Gasteiger partial charge in [0, 0.05) is 29.8 Å². The van der Waals surface area contributed by atoms with Gasteiger partial charge in [-0.05, 0) is 48.2 Å². The molecule has 132 valence electrons. The topological polar surface area (TPSA) is 41.6 Å². The lowest BCUT2D eigenvalue weighted by molar-refractivity contribution is -0.120. The average molecular weight is 403 g/mol. The Bertz CT molecular complexity index is 718. The zero-order valence-electron chi connectivity index (χ0n) is 14.4. The van der Waals surface area contributed by atoms with E-state index in [1.807, 2.05) is 30.3 Å². The number of halogens is 1. The van der Waals surface area contributed by atoms with Crippen LogP contribution < -0.4 is 15.0 Å². The van der Waals surface area contributed by atoms with Crippen LogP contribution in [0.1, 0.15) is 12.0 Å². The van der Waals surface area contributed by atoms with E-state index in [0.29, 0.717) is 12.3 Å². The van der Waals surface area contributed by atoms with Crippen molar-refractivity contribution in [2.45, 2.75) is 12.8 Å². The predicted molar refractivity (Wildman–Crippen MR) is 104 cm³/mol. The van der Waals surface area contributed by atoms with Crippen LogP contribution in [0.15, 0.2) is 53.0 Å². The van der Waals surface area contributed by atoms with Gasteiger partial charge < -0.3 is 15.0 Å². The van der Waals surface area contributed by atoms with Gasteiger partial charge in [0.25, 0.3) is 0 Å². The van der Waals surface area contributed by atoms with Gasteiger partial charge in [-0.15, -0.1) is 0 Å². The monoisotopic (exact) mass is 402 g/mol. The van der Waals surface area contributed by atoms with Crippen LogP contribution in [0, 0.1) is 5.92 Å². The van der Waals surface area contributed by atoms with E-state index in [9.17, 15) is 4.79 Å². The molecule has 4 nitrogen and oxygen atoms in total. The van der Waals surface area contributed by atoms with E-state index in [1.54, 1.807) is 7.11 Å². The van der Waals surface area contributed by atoms with E-state index in [1.165, 1.54) is 5.69 Å². The first-order valence-corrected chi connectivity index (χ1v) is 9.33. The summed E-state index contributed by atoms with van der Waals surface area (Å²) in [5, 5.41) is 3.08. The highest BCUT2D eigenvalue weighted by atomic mass is 79.9. The number of hydrogen-bond acceptors (Lipinski definition) is 3. The van der Waals surface area contributed by atoms with Gasteiger partial charge in [-0.3, -0.25) is 4.79 Å². The maximum Gasteiger partial charge on any atom is 0.224 e. The van der Waals surface area contributed by atoms with E-state index in [-0.39, 0.29) is 5.91 Å². The Hall–Kier alpha value is -2.01. The number of carbonyl (C=O) groups excluding carboxylic acids is 1. The summed E-state index contributed by atoms with van der Waals surface area (Å²) in [4.78, 5) is 14.5. The quantitative estimate of drug-likeness (QED) is 0.801. The number of methoxy groups -OCH3 is 1. The summed E-state index contributed by atoms with van der Waals surface area (Å²) in [5.41, 5.74) is 2.24. The molecule has 1 unspecified atom stereocenters. The first-order chi connectivity index (χ1) is 12.1. The van der Waals surface area contributed by atoms with Gasteiger partial charge in [0.05, 0.1) is 13.5 Å². The lowest BCUT2D eigenvalue weighted by Crippen LogP contribution is -2.32. The fourth-order valence-electron chi connectivity index (χ4n) is 3.16. The molecule has 1 fully saturated rings. The van der Waals surface area contributed by atoms with E-state index < -0.39 is 0 Å². The summed E-state index contributed by atoms with van der Waals surface area (Å²) in [6.07, 6.45) is 1.52. The Kier molecular flexibility index (Phi) is 5.97. The van der Waals surface area contributed by atoms with E-state index >= 15 is 0 Å². The summed E-state index contributed by atoms with van der Waals surface area (Å²) < 4.78 is 6.23. The Balaban J connectivity index is 1.45. The number of nitrogens with zero attached hydrogens (tertiary/aromatic N) is 1. The maximum absolute atomic E-state index is 12.2. The molecule has 0 radical (unpaired) electrons. The van der Waals surface area contributed by atoms with Crippen molar-refractivity contribution in [1.29, 1.82) is 0 Å². The molecular formula is C20H23BrN2O2. The summed E-state index contributed by atoms with van der Waals surface area (Å²) >= 11 is 3.52. The second-order valence-corrected chi connectivity index (χ2v) is 7.33. The molecule has 1 heterocycles. The van der Waals surface area contributed by atoms with Crippen LogP contribution in [0.4, 0.5) is 5.69 Å². The smallest absolute Gasteiger partial charge is 0.224 e. The molecule has 1 amide bonds. The van der Waals surface area contributed by atoms with Crippen LogP contribution in [0.2, 0.25) is 0 Å². The normalized spacial score (nSPS) is 16.7. The summed E-state index contributed by atoms with van der Waals surface area (Å²) in [7, 11) is 1.64. The van der Waals surface area contributed by atoms with E-state index in [0.717, 1.165) is 41.8 Å². The number of hydrogen-bond donors (Lipinski definition) is 1. The Labute approximate surface area is 157 Å². The molecule has 1 aliphatic rings. The molecule has 0 saturated carbocycles. The minimum Gasteiger partial charge on any atom is -0.497 e. The van der Waals surface area contributed by atoms with Crippen LogP contribution in [-0.4, -0.2) is 32.7 Å². The molecule has 1 atom stereocenters. The third kappa shape index (κ3) is 4.98. The molecule has 3 rings (SSSR count). The second-order valence-electron chi connectivity index (χ2n) is 6.41. The van der Waals surface area contributed by atoms with Gasteiger partial charge in [-0.2, -0.15) is 0 Å². The van der Waals surface area contributed by atoms with Gasteiger partial charge in [0.1, 0.15) is 5.75 Å². The summed E-state index contributed by atoms with van der Waals surface area (Å²) in [6.45, 7) is 2.76. The standard InChI is InChI=1S/C20H23BrN2O2/c1-25-19-7-5-15(6-8-19)11-20(24)22-13-16-9-10-23(14-16)18-4-2-3-17(21)12-18/h2-8,12,16H,9-11,13-14H2,1H3,(H,22,24). The number of amides is 1. The Morgan fingerprint density at radius 1 is 1.28 bits per heavy atom. The molecule has 0 bridgehead atoms. The molecule has 25 heavy (non-hydrogen) atoms. The summed E-state index contributed by atoms with van der Waals surface area (Å²) in [6, 6.07) is 16.0. The first-order valence-electron chi connectivity index (χ1n) is 8.54. The third-order valence-electron chi connectivity index (χ3n) is 4.57. The molecule has 1 N–H and O–H groups in total. The lowest BCUT2D eigenvalue weighted by Gasteiger charge is -2.19. The van der Waals surface area contributed by atoms with E-state index in [2.05, 4.69) is 44.3 Å². The number of carbonyl (C=O) groups is 1. The van der Waals surface area contributed by atoms with Crippen molar-refractivity contribution < 1.29 is 9.53 Å². The van der Waals surface area contributed by atoms with Crippen LogP contribution in [0.25, 0.3) is 0 Å². The van der Waals surface area contributed by atoms with Crippen molar-refractivity contribution in [3.05, 3.63) is 58.6 Å². The van der Waals surface area contributed by atoms with Crippen molar-refractivity contribution in [2.75, 3.05) is 31.6 Å². The molecule has 0 aromatic heterocycles. The number of rotatable bonds is 6. The van der Waals surface area contributed by atoms with Gasteiger partial charge in [-0.1, -0.05) is 34.1 Å². The van der Waals surface area contributed by atoms with Crippen molar-refractivity contribution in [2.24, 2.45) is 5.92 Å². The molecule has 2 aromatic rings. The van der Waals surface area contributed by atoms with Crippen molar-refractivity contribution in [3.8, 4) is 5.75 Å². The fraction of sp³-hybridized carbons (Fsp3) is 0.350. The highest BCUT2D eigenvalue weighted by Gasteiger charge is 2.23. The second kappa shape index (κ2) is 8.39. The van der Waals surface area contributed by atoms with Gasteiger partial charge in [-0.25, -0.2) is 0 Å². The fourth-order valence-corrected chi connectivity index (χ4v) is 3.54. The van der Waals surface area contributed by atoms with Crippen LogP contribution in [0.3, 0.4) is 0 Å². The number of benzene rings is 2. The largest absolute Gasteiger partial charge is 0.497 e. The molecule has 1 saturated heterocycles. The number of anilines is 1. The highest BCUT2D eigenvalue weighted by Crippen LogP contribution is 2.25. The van der Waals surface area contributed by atoms with Crippen molar-refractivity contribution >= 4 is 27.5 Å². The van der Waals surface area contributed by atoms with Crippen LogP contribution in [0.5, 0.6) is 5.75 Å².